The lowest BCUT2D eigenvalue weighted by molar-refractivity contribution is -0.141. The Labute approximate surface area is 181 Å². The number of rotatable bonds is 5. The highest BCUT2D eigenvalue weighted by Gasteiger charge is 2.29. The highest BCUT2D eigenvalue weighted by atomic mass is 19.4. The summed E-state index contributed by atoms with van der Waals surface area (Å²) in [6.45, 7) is 2.55. The molecule has 4 aromatic rings. The first-order chi connectivity index (χ1) is 15.2. The fraction of sp³-hybridized carbons (Fsp3) is 0.227. The summed E-state index contributed by atoms with van der Waals surface area (Å²) < 4.78 is 40.0. The molecule has 1 aromatic carbocycles. The normalized spacial score (nSPS) is 11.7. The van der Waals surface area contributed by atoms with Gasteiger partial charge in [0.15, 0.2) is 0 Å². The number of hydrogen-bond acceptors (Lipinski definition) is 5. The molecule has 0 unspecified atom stereocenters. The second-order valence-electron chi connectivity index (χ2n) is 7.44. The van der Waals surface area contributed by atoms with Crippen LogP contribution in [0.4, 0.5) is 13.2 Å². The van der Waals surface area contributed by atoms with E-state index in [1.54, 1.807) is 37.4 Å². The monoisotopic (exact) mass is 440 g/mol. The average Bonchev–Trinajstić information content (AvgIpc) is 3.14. The van der Waals surface area contributed by atoms with E-state index in [1.165, 1.54) is 12.3 Å². The zero-order chi connectivity index (χ0) is 22.9. The first kappa shape index (κ1) is 21.4. The number of benzene rings is 1. The van der Waals surface area contributed by atoms with Gasteiger partial charge in [0.1, 0.15) is 6.54 Å². The molecule has 10 heteroatoms. The van der Waals surface area contributed by atoms with Crippen LogP contribution in [0.1, 0.15) is 27.3 Å². The quantitative estimate of drug-likeness (QED) is 0.507. The van der Waals surface area contributed by atoms with Crippen LogP contribution in [-0.4, -0.2) is 37.0 Å². The van der Waals surface area contributed by atoms with E-state index in [1.807, 2.05) is 13.0 Å². The van der Waals surface area contributed by atoms with Crippen LogP contribution in [0, 0.1) is 13.8 Å². The van der Waals surface area contributed by atoms with Crippen molar-refractivity contribution in [2.75, 3.05) is 0 Å². The number of hydrogen-bond donors (Lipinski definition) is 1. The summed E-state index contributed by atoms with van der Waals surface area (Å²) in [6.07, 6.45) is -1.44. The zero-order valence-corrected chi connectivity index (χ0v) is 17.3. The number of carbonyl (C=O) groups excluding carboxylic acids is 1. The number of halogens is 3. The number of nitrogens with zero attached hydrogens (tertiary/aromatic N) is 5. The van der Waals surface area contributed by atoms with Gasteiger partial charge in [0.25, 0.3) is 5.91 Å². The van der Waals surface area contributed by atoms with Crippen LogP contribution >= 0.6 is 0 Å². The molecule has 1 N–H and O–H groups in total. The van der Waals surface area contributed by atoms with Crippen molar-refractivity contribution in [1.82, 2.24) is 30.3 Å². The minimum absolute atomic E-state index is 0.129. The Morgan fingerprint density at radius 1 is 1.06 bits per heavy atom. The van der Waals surface area contributed by atoms with E-state index < -0.39 is 18.6 Å². The lowest BCUT2D eigenvalue weighted by atomic mass is 10.0. The van der Waals surface area contributed by atoms with Gasteiger partial charge in [-0.2, -0.15) is 28.5 Å². The smallest absolute Gasteiger partial charge is 0.346 e. The predicted molar refractivity (Wildman–Crippen MR) is 112 cm³/mol. The third kappa shape index (κ3) is 4.74. The van der Waals surface area contributed by atoms with Crippen LogP contribution in [0.2, 0.25) is 0 Å². The van der Waals surface area contributed by atoms with Crippen molar-refractivity contribution in [2.45, 2.75) is 33.1 Å². The van der Waals surface area contributed by atoms with Crippen molar-refractivity contribution >= 4 is 16.8 Å². The summed E-state index contributed by atoms with van der Waals surface area (Å²) >= 11 is 0. The molecule has 0 atom stereocenters. The number of pyridine rings is 1. The van der Waals surface area contributed by atoms with E-state index in [-0.39, 0.29) is 17.6 Å². The van der Waals surface area contributed by atoms with Crippen molar-refractivity contribution in [3.63, 3.8) is 0 Å². The van der Waals surface area contributed by atoms with Crippen molar-refractivity contribution in [1.29, 1.82) is 0 Å². The van der Waals surface area contributed by atoms with Gasteiger partial charge < -0.3 is 5.32 Å². The number of aryl methyl sites for hydroxylation is 2. The lowest BCUT2D eigenvalue weighted by Gasteiger charge is -2.11. The highest BCUT2D eigenvalue weighted by molar-refractivity contribution is 6.03. The van der Waals surface area contributed by atoms with Crippen molar-refractivity contribution in [3.8, 4) is 11.3 Å². The minimum Gasteiger partial charge on any atom is -0.346 e. The van der Waals surface area contributed by atoms with Gasteiger partial charge in [0.05, 0.1) is 35.3 Å². The van der Waals surface area contributed by atoms with Gasteiger partial charge in [-0.3, -0.25) is 14.5 Å². The minimum atomic E-state index is -4.45. The molecule has 0 aliphatic rings. The fourth-order valence-corrected chi connectivity index (χ4v) is 3.24. The molecule has 0 radical (unpaired) electrons. The van der Waals surface area contributed by atoms with Crippen molar-refractivity contribution < 1.29 is 18.0 Å². The van der Waals surface area contributed by atoms with E-state index in [0.717, 1.165) is 15.9 Å². The molecule has 0 fully saturated rings. The molecular weight excluding hydrogens is 421 g/mol. The molecule has 3 heterocycles. The number of nitrogens with one attached hydrogen (secondary N) is 1. The summed E-state index contributed by atoms with van der Waals surface area (Å²) in [5.74, 6) is -0.456. The largest absolute Gasteiger partial charge is 0.408 e. The Kier molecular flexibility index (Phi) is 5.60. The second kappa shape index (κ2) is 8.37. The third-order valence-electron chi connectivity index (χ3n) is 4.82. The Bertz CT molecular complexity index is 1260. The summed E-state index contributed by atoms with van der Waals surface area (Å²) in [6, 6.07) is 10.1. The van der Waals surface area contributed by atoms with E-state index in [4.69, 9.17) is 0 Å². The summed E-state index contributed by atoms with van der Waals surface area (Å²) in [7, 11) is 0. The highest BCUT2D eigenvalue weighted by Crippen LogP contribution is 2.31. The van der Waals surface area contributed by atoms with Crippen molar-refractivity contribution in [3.05, 3.63) is 71.3 Å². The molecular formula is C22H19F3N6O. The van der Waals surface area contributed by atoms with Crippen LogP contribution < -0.4 is 5.32 Å². The molecule has 0 saturated heterocycles. The number of aromatic nitrogens is 5. The summed E-state index contributed by atoms with van der Waals surface area (Å²) in [4.78, 5) is 17.2. The van der Waals surface area contributed by atoms with E-state index in [0.29, 0.717) is 22.3 Å². The maximum absolute atomic E-state index is 13.0. The first-order valence-corrected chi connectivity index (χ1v) is 9.76. The molecule has 0 aliphatic heterocycles. The van der Waals surface area contributed by atoms with Crippen LogP contribution in [0.25, 0.3) is 22.2 Å². The Balaban J connectivity index is 1.73. The van der Waals surface area contributed by atoms with Gasteiger partial charge in [-0.15, -0.1) is 0 Å². The fourth-order valence-electron chi connectivity index (χ4n) is 3.24. The molecule has 164 valence electrons. The number of amides is 1. The molecule has 3 aromatic heterocycles. The van der Waals surface area contributed by atoms with Gasteiger partial charge in [-0.25, -0.2) is 0 Å². The van der Waals surface area contributed by atoms with Gasteiger partial charge in [-0.1, -0.05) is 6.07 Å². The standard InChI is InChI=1S/C22H19F3N6O/c1-13-3-6-19(26-9-13)17-7-15(21(32)27-10-16-5-4-14(2)29-30-16)8-20-18(17)11-28-31(20)12-22(23,24)25/h3-9,11H,10,12H2,1-2H3,(H,27,32). The molecule has 7 nitrogen and oxygen atoms in total. The first-order valence-electron chi connectivity index (χ1n) is 9.76. The maximum Gasteiger partial charge on any atom is 0.408 e. The average molecular weight is 440 g/mol. The van der Waals surface area contributed by atoms with Crippen LogP contribution in [0.3, 0.4) is 0 Å². The van der Waals surface area contributed by atoms with E-state index in [9.17, 15) is 18.0 Å². The summed E-state index contributed by atoms with van der Waals surface area (Å²) in [5, 5.41) is 15.1. The SMILES string of the molecule is Cc1ccc(-c2cc(C(=O)NCc3ccc(C)nn3)cc3c2cnn3CC(F)(F)F)nc1. The summed E-state index contributed by atoms with van der Waals surface area (Å²) in [5.41, 5.74) is 3.70. The number of fused-ring (bicyclic) bond motifs is 1. The molecule has 0 bridgehead atoms. The predicted octanol–water partition coefficient (Wildman–Crippen LogP) is 4.00. The number of carbonyl (C=O) groups is 1. The molecule has 0 aliphatic carbocycles. The van der Waals surface area contributed by atoms with Crippen LogP contribution in [-0.2, 0) is 13.1 Å². The molecule has 32 heavy (non-hydrogen) atoms. The molecule has 0 spiro atoms. The maximum atomic E-state index is 13.0. The molecule has 0 saturated carbocycles. The molecule has 4 rings (SSSR count). The van der Waals surface area contributed by atoms with Gasteiger partial charge in [0, 0.05) is 22.7 Å². The van der Waals surface area contributed by atoms with Gasteiger partial charge >= 0.3 is 6.18 Å². The third-order valence-corrected chi connectivity index (χ3v) is 4.82. The van der Waals surface area contributed by atoms with Crippen molar-refractivity contribution in [2.24, 2.45) is 0 Å². The topological polar surface area (TPSA) is 85.6 Å². The Hall–Kier alpha value is -3.82. The second-order valence-corrected chi connectivity index (χ2v) is 7.44. The van der Waals surface area contributed by atoms with Crippen LogP contribution in [0.15, 0.2) is 48.8 Å². The zero-order valence-electron chi connectivity index (χ0n) is 17.3. The van der Waals surface area contributed by atoms with Gasteiger partial charge in [-0.05, 0) is 49.7 Å². The van der Waals surface area contributed by atoms with Crippen LogP contribution in [0.5, 0.6) is 0 Å². The Morgan fingerprint density at radius 2 is 1.88 bits per heavy atom. The number of alkyl halides is 3. The Morgan fingerprint density at radius 3 is 2.53 bits per heavy atom. The molecule has 1 amide bonds. The van der Waals surface area contributed by atoms with E-state index >= 15 is 0 Å². The van der Waals surface area contributed by atoms with E-state index in [2.05, 4.69) is 25.6 Å². The lowest BCUT2D eigenvalue weighted by Crippen LogP contribution is -2.24. The van der Waals surface area contributed by atoms with Gasteiger partial charge in [0.2, 0.25) is 0 Å².